The van der Waals surface area contributed by atoms with Gasteiger partial charge in [-0.25, -0.2) is 0 Å². The van der Waals surface area contributed by atoms with Crippen molar-refractivity contribution in [2.24, 2.45) is 0 Å². The van der Waals surface area contributed by atoms with Gasteiger partial charge in [0.2, 0.25) is 0 Å². The van der Waals surface area contributed by atoms with Gasteiger partial charge in [-0.15, -0.1) is 0 Å². The second-order valence-corrected chi connectivity index (χ2v) is 4.36. The Morgan fingerprint density at radius 2 is 2.32 bits per heavy atom. The van der Waals surface area contributed by atoms with Gasteiger partial charge < -0.3 is 14.4 Å². The van der Waals surface area contributed by atoms with E-state index < -0.39 is 5.97 Å². The Kier molecular flexibility index (Phi) is 4.06. The Hall–Kier alpha value is -2.01. The van der Waals surface area contributed by atoms with E-state index in [9.17, 15) is 4.79 Å². The van der Waals surface area contributed by atoms with Crippen molar-refractivity contribution in [3.8, 4) is 17.0 Å². The van der Waals surface area contributed by atoms with Gasteiger partial charge in [-0.3, -0.25) is 4.79 Å². The molecule has 0 unspecified atom stereocenters. The van der Waals surface area contributed by atoms with Gasteiger partial charge in [-0.05, 0) is 24.6 Å². The molecule has 0 spiro atoms. The van der Waals surface area contributed by atoms with Gasteiger partial charge in [0, 0.05) is 22.6 Å². The number of aryl methyl sites for hydroxylation is 1. The lowest BCUT2D eigenvalue weighted by molar-refractivity contribution is -0.136. The van der Waals surface area contributed by atoms with E-state index >= 15 is 0 Å². The van der Waals surface area contributed by atoms with E-state index in [0.717, 1.165) is 0 Å². The quantitative estimate of drug-likeness (QED) is 0.912. The third-order valence-corrected chi connectivity index (χ3v) is 2.90. The number of carboxylic acid groups (broad SMARTS) is 1. The van der Waals surface area contributed by atoms with Crippen molar-refractivity contribution >= 4 is 17.6 Å². The highest BCUT2D eigenvalue weighted by Gasteiger charge is 2.16. The van der Waals surface area contributed by atoms with Gasteiger partial charge in [0.25, 0.3) is 0 Å². The monoisotopic (exact) mass is 281 g/mol. The number of halogens is 1. The molecule has 0 bridgehead atoms. The predicted molar refractivity (Wildman–Crippen MR) is 69.5 cm³/mol. The summed E-state index contributed by atoms with van der Waals surface area (Å²) < 4.78 is 10.2. The summed E-state index contributed by atoms with van der Waals surface area (Å²) in [6.45, 7) is 0. The molecule has 0 fully saturated rings. The van der Waals surface area contributed by atoms with Crippen molar-refractivity contribution in [2.75, 3.05) is 7.11 Å². The van der Waals surface area contributed by atoms with Crippen LogP contribution in [0.25, 0.3) is 11.3 Å². The number of rotatable bonds is 5. The number of benzene rings is 1. The minimum Gasteiger partial charge on any atom is -0.496 e. The van der Waals surface area contributed by atoms with E-state index in [4.69, 9.17) is 26.0 Å². The van der Waals surface area contributed by atoms with Crippen LogP contribution < -0.4 is 4.74 Å². The first-order valence-electron chi connectivity index (χ1n) is 5.60. The van der Waals surface area contributed by atoms with Crippen molar-refractivity contribution in [3.05, 3.63) is 35.0 Å². The third-order valence-electron chi connectivity index (χ3n) is 2.67. The summed E-state index contributed by atoms with van der Waals surface area (Å²) in [5.41, 5.74) is 1.95. The number of carboxylic acids is 1. The maximum absolute atomic E-state index is 10.6. The van der Waals surface area contributed by atoms with Gasteiger partial charge in [0.15, 0.2) is 0 Å². The summed E-state index contributed by atoms with van der Waals surface area (Å²) in [5.74, 6) is -0.264. The topological polar surface area (TPSA) is 72.6 Å². The van der Waals surface area contributed by atoms with Crippen LogP contribution in [-0.2, 0) is 11.2 Å². The smallest absolute Gasteiger partial charge is 0.303 e. The first-order valence-corrected chi connectivity index (χ1v) is 5.98. The number of methoxy groups -OCH3 is 1. The number of ether oxygens (including phenoxy) is 1. The molecule has 0 aliphatic heterocycles. The molecule has 1 aromatic carbocycles. The van der Waals surface area contributed by atoms with E-state index in [0.29, 0.717) is 34.0 Å². The SMILES string of the molecule is COc1ccc(Cl)cc1-c1nocc1CCC(=O)O. The van der Waals surface area contributed by atoms with Crippen LogP contribution in [0.15, 0.2) is 29.0 Å². The molecule has 5 nitrogen and oxygen atoms in total. The highest BCUT2D eigenvalue weighted by molar-refractivity contribution is 6.31. The highest BCUT2D eigenvalue weighted by atomic mass is 35.5. The van der Waals surface area contributed by atoms with Crippen LogP contribution in [0.4, 0.5) is 0 Å². The molecule has 2 aromatic rings. The molecule has 0 saturated heterocycles. The summed E-state index contributed by atoms with van der Waals surface area (Å²) in [7, 11) is 1.55. The van der Waals surface area contributed by atoms with Crippen LogP contribution in [-0.4, -0.2) is 23.3 Å². The van der Waals surface area contributed by atoms with Crippen LogP contribution in [0.1, 0.15) is 12.0 Å². The van der Waals surface area contributed by atoms with Crippen molar-refractivity contribution in [1.29, 1.82) is 0 Å². The number of aromatic nitrogens is 1. The Balaban J connectivity index is 2.39. The van der Waals surface area contributed by atoms with E-state index in [2.05, 4.69) is 5.16 Å². The Morgan fingerprint density at radius 1 is 1.53 bits per heavy atom. The molecule has 0 saturated carbocycles. The van der Waals surface area contributed by atoms with Crippen molar-refractivity contribution in [3.63, 3.8) is 0 Å². The zero-order valence-corrected chi connectivity index (χ0v) is 11.0. The fourth-order valence-corrected chi connectivity index (χ4v) is 1.94. The van der Waals surface area contributed by atoms with Crippen LogP contribution in [0, 0.1) is 0 Å². The summed E-state index contributed by atoms with van der Waals surface area (Å²) in [4.78, 5) is 10.6. The third kappa shape index (κ3) is 3.06. The summed E-state index contributed by atoms with van der Waals surface area (Å²) in [5, 5.41) is 13.2. The van der Waals surface area contributed by atoms with Crippen LogP contribution in [0.5, 0.6) is 5.75 Å². The largest absolute Gasteiger partial charge is 0.496 e. The molecule has 1 aromatic heterocycles. The van der Waals surface area contributed by atoms with E-state index in [1.54, 1.807) is 25.3 Å². The standard InChI is InChI=1S/C13H12ClNO4/c1-18-11-4-3-9(14)6-10(11)13-8(7-19-15-13)2-5-12(16)17/h3-4,6-7H,2,5H2,1H3,(H,16,17). The Morgan fingerprint density at radius 3 is 3.00 bits per heavy atom. The number of nitrogens with zero attached hydrogens (tertiary/aromatic N) is 1. The minimum absolute atomic E-state index is 0.0110. The molecule has 2 rings (SSSR count). The normalized spacial score (nSPS) is 10.4. The van der Waals surface area contributed by atoms with Gasteiger partial charge in [-0.1, -0.05) is 16.8 Å². The fraction of sp³-hybridized carbons (Fsp3) is 0.231. The van der Waals surface area contributed by atoms with Crippen molar-refractivity contribution < 1.29 is 19.2 Å². The average molecular weight is 282 g/mol. The molecule has 0 radical (unpaired) electrons. The van der Waals surface area contributed by atoms with Crippen molar-refractivity contribution in [2.45, 2.75) is 12.8 Å². The number of aliphatic carboxylic acids is 1. The second-order valence-electron chi connectivity index (χ2n) is 3.93. The van der Waals surface area contributed by atoms with Gasteiger partial charge in [0.05, 0.1) is 7.11 Å². The summed E-state index contributed by atoms with van der Waals surface area (Å²) in [6.07, 6.45) is 1.79. The lowest BCUT2D eigenvalue weighted by atomic mass is 10.0. The molecule has 1 heterocycles. The van der Waals surface area contributed by atoms with Gasteiger partial charge in [0.1, 0.15) is 17.7 Å². The first kappa shape index (κ1) is 13.4. The second kappa shape index (κ2) is 5.75. The van der Waals surface area contributed by atoms with Crippen LogP contribution in [0.3, 0.4) is 0 Å². The molecule has 0 aliphatic carbocycles. The zero-order chi connectivity index (χ0) is 13.8. The number of hydrogen-bond donors (Lipinski definition) is 1. The Labute approximate surface area is 114 Å². The lowest BCUT2D eigenvalue weighted by Gasteiger charge is -2.07. The van der Waals surface area contributed by atoms with E-state index in [1.165, 1.54) is 6.26 Å². The molecule has 19 heavy (non-hydrogen) atoms. The highest BCUT2D eigenvalue weighted by Crippen LogP contribution is 2.33. The van der Waals surface area contributed by atoms with Crippen LogP contribution >= 0.6 is 11.6 Å². The maximum Gasteiger partial charge on any atom is 0.303 e. The first-order chi connectivity index (χ1) is 9.11. The number of hydrogen-bond acceptors (Lipinski definition) is 4. The van der Waals surface area contributed by atoms with Gasteiger partial charge in [-0.2, -0.15) is 0 Å². The summed E-state index contributed by atoms with van der Waals surface area (Å²) in [6, 6.07) is 5.15. The minimum atomic E-state index is -0.870. The van der Waals surface area contributed by atoms with E-state index in [1.807, 2.05) is 0 Å². The van der Waals surface area contributed by atoms with Crippen LogP contribution in [0.2, 0.25) is 5.02 Å². The van der Waals surface area contributed by atoms with Crippen molar-refractivity contribution in [1.82, 2.24) is 5.16 Å². The predicted octanol–water partition coefficient (Wildman–Crippen LogP) is 3.02. The Bertz CT molecular complexity index is 594. The molecule has 0 aliphatic rings. The fourth-order valence-electron chi connectivity index (χ4n) is 1.76. The van der Waals surface area contributed by atoms with Gasteiger partial charge >= 0.3 is 5.97 Å². The summed E-state index contributed by atoms with van der Waals surface area (Å²) >= 11 is 5.96. The lowest BCUT2D eigenvalue weighted by Crippen LogP contribution is -1.98. The molecule has 0 atom stereocenters. The van der Waals surface area contributed by atoms with E-state index in [-0.39, 0.29) is 6.42 Å². The zero-order valence-electron chi connectivity index (χ0n) is 10.2. The molecule has 100 valence electrons. The molecular weight excluding hydrogens is 270 g/mol. The molecule has 0 amide bonds. The average Bonchev–Trinajstić information content (AvgIpc) is 2.84. The number of carbonyl (C=O) groups is 1. The maximum atomic E-state index is 10.6. The molecule has 1 N–H and O–H groups in total. The molecular formula is C13H12ClNO4. The molecule has 6 heteroatoms.